The maximum Gasteiger partial charge on any atom is 0.275 e. The van der Waals surface area contributed by atoms with Crippen LogP contribution < -0.4 is 19.6 Å². The van der Waals surface area contributed by atoms with Gasteiger partial charge in [-0.2, -0.15) is 5.10 Å². The summed E-state index contributed by atoms with van der Waals surface area (Å²) in [5.74, 6) is 1.41. The van der Waals surface area contributed by atoms with Gasteiger partial charge in [-0.05, 0) is 76.8 Å². The van der Waals surface area contributed by atoms with Crippen LogP contribution in [0.15, 0.2) is 58.1 Å². The van der Waals surface area contributed by atoms with Crippen LogP contribution in [0, 0.1) is 0 Å². The zero-order valence-electron chi connectivity index (χ0n) is 18.6. The summed E-state index contributed by atoms with van der Waals surface area (Å²) in [5, 5.41) is 6.07. The number of amides is 1. The second-order valence-electron chi connectivity index (χ2n) is 7.20. The molecule has 0 radical (unpaired) electrons. The molecule has 1 N–H and O–H groups in total. The number of hydrogen-bond donors (Lipinski definition) is 1. The van der Waals surface area contributed by atoms with Crippen molar-refractivity contribution in [3.05, 3.63) is 64.1 Å². The Morgan fingerprint density at radius 3 is 2.50 bits per heavy atom. The molecule has 7 heteroatoms. The first kappa shape index (κ1) is 23.6. The average Bonchev–Trinajstić information content (AvgIpc) is 2.80. The number of carbonyl (C=O) groups excluding carboxylic acids is 1. The van der Waals surface area contributed by atoms with Crippen LogP contribution in [0.1, 0.15) is 43.1 Å². The topological polar surface area (TPSA) is 69.2 Å². The standard InChI is InChI=1S/C25H27BrN2O4/c1-5-16(3)32-24-21(26)11-17(12-23(24)31-6-2)15-27-28-25(29)20-13-18-9-7-8-10-19(18)14-22(20)30-4/h7-16H,5-6H2,1-4H3,(H,28,29). The van der Waals surface area contributed by atoms with Gasteiger partial charge in [-0.25, -0.2) is 5.43 Å². The third-order valence-corrected chi connectivity index (χ3v) is 5.51. The molecule has 1 amide bonds. The fourth-order valence-electron chi connectivity index (χ4n) is 3.12. The molecule has 3 aromatic rings. The lowest BCUT2D eigenvalue weighted by Gasteiger charge is -2.18. The van der Waals surface area contributed by atoms with Crippen molar-refractivity contribution in [3.8, 4) is 17.2 Å². The van der Waals surface area contributed by atoms with Gasteiger partial charge in [-0.1, -0.05) is 31.2 Å². The largest absolute Gasteiger partial charge is 0.496 e. The molecule has 0 aliphatic rings. The number of methoxy groups -OCH3 is 1. The Morgan fingerprint density at radius 2 is 1.84 bits per heavy atom. The molecule has 0 bridgehead atoms. The van der Waals surface area contributed by atoms with Crippen LogP contribution in [0.3, 0.4) is 0 Å². The number of benzene rings is 3. The van der Waals surface area contributed by atoms with Crippen LogP contribution >= 0.6 is 15.9 Å². The molecule has 6 nitrogen and oxygen atoms in total. The Balaban J connectivity index is 1.81. The third-order valence-electron chi connectivity index (χ3n) is 4.92. The molecule has 3 aromatic carbocycles. The minimum absolute atomic E-state index is 0.0567. The summed E-state index contributed by atoms with van der Waals surface area (Å²) in [6.45, 7) is 6.49. The zero-order valence-corrected chi connectivity index (χ0v) is 20.2. The van der Waals surface area contributed by atoms with E-state index in [1.807, 2.05) is 56.3 Å². The molecular formula is C25H27BrN2O4. The lowest BCUT2D eigenvalue weighted by molar-refractivity contribution is 0.0952. The van der Waals surface area contributed by atoms with E-state index in [1.165, 1.54) is 0 Å². The number of rotatable bonds is 9. The van der Waals surface area contributed by atoms with Crippen molar-refractivity contribution in [2.24, 2.45) is 5.10 Å². The second-order valence-corrected chi connectivity index (χ2v) is 8.05. The van der Waals surface area contributed by atoms with Gasteiger partial charge >= 0.3 is 0 Å². The molecule has 0 aliphatic carbocycles. The molecule has 0 spiro atoms. The number of hydrogen-bond acceptors (Lipinski definition) is 5. The summed E-state index contributed by atoms with van der Waals surface area (Å²) < 4.78 is 17.9. The Kier molecular flexibility index (Phi) is 8.11. The molecule has 0 saturated heterocycles. The van der Waals surface area contributed by atoms with Crippen molar-refractivity contribution in [2.75, 3.05) is 13.7 Å². The van der Waals surface area contributed by atoms with E-state index in [9.17, 15) is 4.79 Å². The number of fused-ring (bicyclic) bond motifs is 1. The molecule has 32 heavy (non-hydrogen) atoms. The number of nitrogens with one attached hydrogen (secondary N) is 1. The second kappa shape index (κ2) is 11.0. The van der Waals surface area contributed by atoms with E-state index in [0.717, 1.165) is 27.2 Å². The first-order chi connectivity index (χ1) is 15.5. The minimum Gasteiger partial charge on any atom is -0.496 e. The molecule has 0 aromatic heterocycles. The number of ether oxygens (including phenoxy) is 3. The van der Waals surface area contributed by atoms with Crippen molar-refractivity contribution in [1.29, 1.82) is 0 Å². The summed E-state index contributed by atoms with van der Waals surface area (Å²) in [7, 11) is 1.54. The van der Waals surface area contributed by atoms with Crippen LogP contribution in [-0.2, 0) is 0 Å². The quantitative estimate of drug-likeness (QED) is 0.292. The normalized spacial score (nSPS) is 12.0. The van der Waals surface area contributed by atoms with Crippen LogP contribution in [0.5, 0.6) is 17.2 Å². The van der Waals surface area contributed by atoms with Gasteiger partial charge in [-0.15, -0.1) is 0 Å². The average molecular weight is 499 g/mol. The number of hydrazone groups is 1. The van der Waals surface area contributed by atoms with E-state index in [4.69, 9.17) is 14.2 Å². The van der Waals surface area contributed by atoms with Crippen LogP contribution in [-0.4, -0.2) is 31.9 Å². The summed E-state index contributed by atoms with van der Waals surface area (Å²) in [4.78, 5) is 12.7. The Morgan fingerprint density at radius 1 is 1.12 bits per heavy atom. The molecule has 168 valence electrons. The van der Waals surface area contributed by atoms with Gasteiger partial charge in [-0.3, -0.25) is 4.79 Å². The third kappa shape index (κ3) is 5.59. The van der Waals surface area contributed by atoms with E-state index >= 15 is 0 Å². The molecule has 1 unspecified atom stereocenters. The van der Waals surface area contributed by atoms with Crippen molar-refractivity contribution in [1.82, 2.24) is 5.43 Å². The predicted octanol–water partition coefficient (Wildman–Crippen LogP) is 5.95. The van der Waals surface area contributed by atoms with Crippen molar-refractivity contribution in [3.63, 3.8) is 0 Å². The van der Waals surface area contributed by atoms with Crippen molar-refractivity contribution < 1.29 is 19.0 Å². The molecule has 0 heterocycles. The number of carbonyl (C=O) groups is 1. The molecule has 0 fully saturated rings. The maximum absolute atomic E-state index is 12.7. The van der Waals surface area contributed by atoms with Crippen LogP contribution in [0.2, 0.25) is 0 Å². The first-order valence-corrected chi connectivity index (χ1v) is 11.3. The lowest BCUT2D eigenvalue weighted by Crippen LogP contribution is -2.18. The van der Waals surface area contributed by atoms with Gasteiger partial charge in [0.2, 0.25) is 0 Å². The molecule has 3 rings (SSSR count). The summed E-state index contributed by atoms with van der Waals surface area (Å²) in [6.07, 6.45) is 2.50. The summed E-state index contributed by atoms with van der Waals surface area (Å²) in [6, 6.07) is 15.1. The number of nitrogens with zero attached hydrogens (tertiary/aromatic N) is 1. The van der Waals surface area contributed by atoms with E-state index in [-0.39, 0.29) is 12.0 Å². The highest BCUT2D eigenvalue weighted by molar-refractivity contribution is 9.10. The Bertz CT molecular complexity index is 1130. The van der Waals surface area contributed by atoms with Gasteiger partial charge in [0.1, 0.15) is 5.75 Å². The highest BCUT2D eigenvalue weighted by Crippen LogP contribution is 2.37. The maximum atomic E-state index is 12.7. The van der Waals surface area contributed by atoms with Gasteiger partial charge in [0.05, 0.1) is 36.1 Å². The van der Waals surface area contributed by atoms with Gasteiger partial charge in [0.15, 0.2) is 11.5 Å². The van der Waals surface area contributed by atoms with E-state index in [2.05, 4.69) is 33.4 Å². The Hall–Kier alpha value is -3.06. The highest BCUT2D eigenvalue weighted by Gasteiger charge is 2.15. The van der Waals surface area contributed by atoms with Gasteiger partial charge in [0.25, 0.3) is 5.91 Å². The van der Waals surface area contributed by atoms with Gasteiger partial charge < -0.3 is 14.2 Å². The fourth-order valence-corrected chi connectivity index (χ4v) is 3.67. The van der Waals surface area contributed by atoms with Crippen molar-refractivity contribution >= 4 is 38.8 Å². The fraction of sp³-hybridized carbons (Fsp3) is 0.280. The molecule has 0 saturated carbocycles. The molecular weight excluding hydrogens is 472 g/mol. The minimum atomic E-state index is -0.357. The lowest BCUT2D eigenvalue weighted by atomic mass is 10.1. The number of halogens is 1. The van der Waals surface area contributed by atoms with Crippen molar-refractivity contribution in [2.45, 2.75) is 33.3 Å². The SMILES string of the molecule is CCOc1cc(C=NNC(=O)c2cc3ccccc3cc2OC)cc(Br)c1OC(C)CC. The van der Waals surface area contributed by atoms with E-state index in [0.29, 0.717) is 29.4 Å². The Labute approximate surface area is 196 Å². The van der Waals surface area contributed by atoms with E-state index < -0.39 is 0 Å². The van der Waals surface area contributed by atoms with Gasteiger partial charge in [0, 0.05) is 0 Å². The smallest absolute Gasteiger partial charge is 0.275 e. The molecule has 1 atom stereocenters. The predicted molar refractivity (Wildman–Crippen MR) is 131 cm³/mol. The summed E-state index contributed by atoms with van der Waals surface area (Å²) in [5.41, 5.74) is 3.74. The van der Waals surface area contributed by atoms with Crippen LogP contribution in [0.4, 0.5) is 0 Å². The highest BCUT2D eigenvalue weighted by atomic mass is 79.9. The summed E-state index contributed by atoms with van der Waals surface area (Å²) >= 11 is 3.55. The monoisotopic (exact) mass is 498 g/mol. The van der Waals surface area contributed by atoms with Crippen LogP contribution in [0.25, 0.3) is 10.8 Å². The first-order valence-electron chi connectivity index (χ1n) is 10.5. The molecule has 0 aliphatic heterocycles. The zero-order chi connectivity index (χ0) is 23.1. The van der Waals surface area contributed by atoms with E-state index in [1.54, 1.807) is 19.4 Å².